The Labute approximate surface area is 191 Å². The molecule has 0 atom stereocenters. The number of carbonyl (C=O) groups is 1. The summed E-state index contributed by atoms with van der Waals surface area (Å²) in [6.07, 6.45) is 1.25. The van der Waals surface area contributed by atoms with Crippen molar-refractivity contribution < 1.29 is 23.8 Å². The van der Waals surface area contributed by atoms with Gasteiger partial charge >= 0.3 is 6.21 Å². The zero-order valence-electron chi connectivity index (χ0n) is 14.8. The van der Waals surface area contributed by atoms with Crippen LogP contribution in [0.3, 0.4) is 0 Å². The van der Waals surface area contributed by atoms with Crippen molar-refractivity contribution in [1.29, 1.82) is 0 Å². The van der Waals surface area contributed by atoms with Gasteiger partial charge in [0.2, 0.25) is 0 Å². The Morgan fingerprint density at radius 1 is 0.966 bits per heavy atom. The molecular weight excluding hydrogens is 485 g/mol. The molecule has 0 saturated heterocycles. The molecule has 2 rings (SSSR count). The van der Waals surface area contributed by atoms with Crippen molar-refractivity contribution in [3.8, 4) is 17.2 Å². The third-order valence-electron chi connectivity index (χ3n) is 3.59. The molecule has 0 N–H and O–H groups in total. The highest BCUT2D eigenvalue weighted by Gasteiger charge is 2.20. The first-order chi connectivity index (χ1) is 13.8. The van der Waals surface area contributed by atoms with Crippen LogP contribution in [0.1, 0.15) is 16.8 Å². The molecule has 6 nitrogen and oxygen atoms in total. The van der Waals surface area contributed by atoms with E-state index in [1.807, 2.05) is 0 Å². The Morgan fingerprint density at radius 2 is 1.55 bits per heavy atom. The van der Waals surface area contributed by atoms with Crippen molar-refractivity contribution in [3.63, 3.8) is 0 Å². The van der Waals surface area contributed by atoms with Crippen LogP contribution in [-0.2, 0) is 0 Å². The van der Waals surface area contributed by atoms with Gasteiger partial charge in [-0.1, -0.05) is 58.0 Å². The Balaban J connectivity index is 1.97. The van der Waals surface area contributed by atoms with Gasteiger partial charge in [0.25, 0.3) is 5.78 Å². The molecule has 0 aliphatic carbocycles. The van der Waals surface area contributed by atoms with Gasteiger partial charge in [-0.15, -0.1) is 0 Å². The Bertz CT molecular complexity index is 948. The molecule has 0 aromatic heterocycles. The van der Waals surface area contributed by atoms with Crippen LogP contribution in [0.15, 0.2) is 18.2 Å². The number of nitrogens with zero attached hydrogens (tertiary/aromatic N) is 2. The van der Waals surface area contributed by atoms with Gasteiger partial charge in [0.15, 0.2) is 17.2 Å². The van der Waals surface area contributed by atoms with Gasteiger partial charge in [0.05, 0.1) is 35.4 Å². The van der Waals surface area contributed by atoms with Crippen LogP contribution in [0.25, 0.3) is 5.53 Å². The van der Waals surface area contributed by atoms with Crippen molar-refractivity contribution in [2.75, 3.05) is 20.3 Å². The second kappa shape index (κ2) is 10.9. The van der Waals surface area contributed by atoms with Crippen molar-refractivity contribution >= 4 is 70.0 Å². The zero-order valence-corrected chi connectivity index (χ0v) is 18.6. The lowest BCUT2D eigenvalue weighted by atomic mass is 10.1. The number of hydrogen-bond acceptors (Lipinski definition) is 4. The molecule has 11 heteroatoms. The first-order valence-corrected chi connectivity index (χ1v) is 9.87. The van der Waals surface area contributed by atoms with Crippen LogP contribution in [-0.4, -0.2) is 37.1 Å². The maximum atomic E-state index is 11.7. The summed E-state index contributed by atoms with van der Waals surface area (Å²) in [4.78, 5) is 14.4. The fourth-order valence-corrected chi connectivity index (χ4v) is 3.42. The van der Waals surface area contributed by atoms with Crippen LogP contribution in [0, 0.1) is 0 Å². The predicted molar refractivity (Wildman–Crippen MR) is 114 cm³/mol. The molecule has 0 radical (unpaired) electrons. The summed E-state index contributed by atoms with van der Waals surface area (Å²) >= 11 is 30.1. The molecule has 0 fully saturated rings. The van der Waals surface area contributed by atoms with Crippen molar-refractivity contribution in [1.82, 2.24) is 0 Å². The Hall–Kier alpha value is -1.66. The number of hydrogen-bond donors (Lipinski definition) is 0. The number of halogens is 5. The summed E-state index contributed by atoms with van der Waals surface area (Å²) in [5, 5.41) is 0.304. The molecular formula is C18H13Cl5N2O4. The predicted octanol–water partition coefficient (Wildman–Crippen LogP) is 6.29. The normalized spacial score (nSPS) is 10.3. The number of rotatable bonds is 9. The lowest BCUT2D eigenvalue weighted by Crippen LogP contribution is -2.07. The van der Waals surface area contributed by atoms with E-state index in [2.05, 4.69) is 4.79 Å². The zero-order chi connectivity index (χ0) is 21.6. The van der Waals surface area contributed by atoms with E-state index in [9.17, 15) is 4.79 Å². The van der Waals surface area contributed by atoms with Gasteiger partial charge in [-0.25, -0.2) is 0 Å². The second-order valence-corrected chi connectivity index (χ2v) is 7.31. The van der Waals surface area contributed by atoms with Gasteiger partial charge in [-0.3, -0.25) is 4.79 Å². The van der Waals surface area contributed by atoms with E-state index in [0.29, 0.717) is 17.9 Å². The van der Waals surface area contributed by atoms with Crippen molar-refractivity contribution in [3.05, 3.63) is 54.4 Å². The van der Waals surface area contributed by atoms with E-state index in [1.54, 1.807) is 6.07 Å². The Kier molecular flexibility index (Phi) is 8.90. The third-order valence-corrected chi connectivity index (χ3v) is 5.83. The van der Waals surface area contributed by atoms with Crippen molar-refractivity contribution in [2.45, 2.75) is 6.42 Å². The van der Waals surface area contributed by atoms with Crippen LogP contribution in [0.5, 0.6) is 17.2 Å². The van der Waals surface area contributed by atoms with Gasteiger partial charge in [-0.2, -0.15) is 4.79 Å². The quantitative estimate of drug-likeness (QED) is 0.0774. The fraction of sp³-hybridized carbons (Fsp3) is 0.222. The summed E-state index contributed by atoms with van der Waals surface area (Å²) < 4.78 is 16.4. The first-order valence-electron chi connectivity index (χ1n) is 7.98. The summed E-state index contributed by atoms with van der Waals surface area (Å²) in [6.45, 7) is 0.478. The van der Waals surface area contributed by atoms with Crippen molar-refractivity contribution in [2.24, 2.45) is 0 Å². The molecule has 0 aliphatic rings. The smallest absolute Gasteiger partial charge is 0.328 e. The minimum Gasteiger partial charge on any atom is -0.493 e. The number of methoxy groups -OCH3 is 1. The van der Waals surface area contributed by atoms with E-state index in [1.165, 1.54) is 19.2 Å². The molecule has 0 saturated carbocycles. The summed E-state index contributed by atoms with van der Waals surface area (Å²) in [5.41, 5.74) is 8.74. The topological polar surface area (TPSA) is 81.2 Å². The molecule has 0 bridgehead atoms. The molecule has 0 aliphatic heterocycles. The average molecular weight is 499 g/mol. The molecule has 2 aromatic carbocycles. The average Bonchev–Trinajstić information content (AvgIpc) is 2.72. The monoisotopic (exact) mass is 496 g/mol. The second-order valence-electron chi connectivity index (χ2n) is 5.42. The minimum atomic E-state index is -0.472. The Morgan fingerprint density at radius 3 is 2.14 bits per heavy atom. The van der Waals surface area contributed by atoms with Gasteiger partial charge < -0.3 is 19.7 Å². The van der Waals surface area contributed by atoms with Gasteiger partial charge in [0.1, 0.15) is 10.0 Å². The van der Waals surface area contributed by atoms with Crippen LogP contribution in [0.2, 0.25) is 25.1 Å². The summed E-state index contributed by atoms with van der Waals surface area (Å²) in [6, 6.07) is 4.58. The number of Topliss-reactive ketones (excluding diaryl/α,β-unsaturated/α-hetero) is 1. The SMILES string of the molecule is COc1cc(C(=O)C=[N+]=[N-])ccc1OCCCOc1c(Cl)c(Cl)c(Cl)c(Cl)c1Cl. The fourth-order valence-electron chi connectivity index (χ4n) is 2.19. The standard InChI is InChI=1S/C18H13Cl5N2O4/c1-27-12-7-9(10(26)8-25-24)3-4-11(12)28-5-2-6-29-18-16(22)14(20)13(19)15(21)17(18)23/h3-4,7-8H,2,5-6H2,1H3. The van der Waals surface area contributed by atoms with E-state index in [4.69, 9.17) is 77.7 Å². The minimum absolute atomic E-state index is 0.0540. The van der Waals surface area contributed by atoms with Crippen LogP contribution < -0.4 is 14.2 Å². The van der Waals surface area contributed by atoms with E-state index in [-0.39, 0.29) is 49.6 Å². The maximum Gasteiger partial charge on any atom is 0.328 e. The summed E-state index contributed by atoms with van der Waals surface area (Å²) in [7, 11) is 1.44. The highest BCUT2D eigenvalue weighted by Crippen LogP contribution is 2.48. The van der Waals surface area contributed by atoms with E-state index < -0.39 is 5.78 Å². The molecule has 2 aromatic rings. The first kappa shape index (κ1) is 23.6. The lowest BCUT2D eigenvalue weighted by molar-refractivity contribution is 0.00234. The number of ether oxygens (including phenoxy) is 3. The van der Waals surface area contributed by atoms with Crippen LogP contribution in [0.4, 0.5) is 0 Å². The van der Waals surface area contributed by atoms with Gasteiger partial charge in [0, 0.05) is 12.0 Å². The third kappa shape index (κ3) is 5.70. The molecule has 29 heavy (non-hydrogen) atoms. The molecule has 0 amide bonds. The summed E-state index contributed by atoms with van der Waals surface area (Å²) in [5.74, 6) is 0.447. The number of ketones is 1. The van der Waals surface area contributed by atoms with E-state index >= 15 is 0 Å². The lowest BCUT2D eigenvalue weighted by Gasteiger charge is -2.14. The highest BCUT2D eigenvalue weighted by atomic mass is 35.5. The van der Waals surface area contributed by atoms with Crippen LogP contribution >= 0.6 is 58.0 Å². The largest absolute Gasteiger partial charge is 0.493 e. The highest BCUT2D eigenvalue weighted by molar-refractivity contribution is 6.55. The maximum absolute atomic E-state index is 11.7. The molecule has 0 unspecified atom stereocenters. The molecule has 0 spiro atoms. The molecule has 154 valence electrons. The molecule has 0 heterocycles. The van der Waals surface area contributed by atoms with E-state index in [0.717, 1.165) is 6.21 Å². The van der Waals surface area contributed by atoms with Gasteiger partial charge in [-0.05, 0) is 18.2 Å². The number of benzene rings is 2. The number of carbonyl (C=O) groups excluding carboxylic acids is 1.